The Morgan fingerprint density at radius 2 is 1.79 bits per heavy atom. The number of sulfone groups is 1. The maximum absolute atomic E-state index is 13.8. The van der Waals surface area contributed by atoms with Crippen molar-refractivity contribution in [1.82, 2.24) is 4.90 Å². The first-order valence-electron chi connectivity index (χ1n) is 8.84. The van der Waals surface area contributed by atoms with Crippen LogP contribution in [0.1, 0.15) is 25.7 Å². The minimum Gasteiger partial charge on any atom is -0.348 e. The molecule has 28 heavy (non-hydrogen) atoms. The third-order valence-corrected chi connectivity index (χ3v) is 6.25. The quantitative estimate of drug-likeness (QED) is 0.672. The summed E-state index contributed by atoms with van der Waals surface area (Å²) in [6, 6.07) is 5.31. The number of anilines is 1. The van der Waals surface area contributed by atoms with E-state index in [2.05, 4.69) is 0 Å². The van der Waals surface area contributed by atoms with Gasteiger partial charge in [-0.05, 0) is 37.0 Å². The van der Waals surface area contributed by atoms with Gasteiger partial charge in [0.05, 0.1) is 4.90 Å². The molecule has 1 unspecified atom stereocenters. The molecule has 1 heterocycles. The van der Waals surface area contributed by atoms with E-state index >= 15 is 0 Å². The van der Waals surface area contributed by atoms with Crippen LogP contribution in [0, 0.1) is 5.92 Å². The van der Waals surface area contributed by atoms with E-state index in [-0.39, 0.29) is 48.7 Å². The maximum atomic E-state index is 13.8. The van der Waals surface area contributed by atoms with E-state index in [0.717, 1.165) is 16.1 Å². The highest BCUT2D eigenvalue weighted by atomic mass is 32.2. The van der Waals surface area contributed by atoms with Crippen LogP contribution in [0.15, 0.2) is 41.6 Å². The summed E-state index contributed by atoms with van der Waals surface area (Å²) in [6.07, 6.45) is -3.39. The van der Waals surface area contributed by atoms with Crippen molar-refractivity contribution in [1.29, 1.82) is 0 Å². The molecule has 0 radical (unpaired) electrons. The minimum absolute atomic E-state index is 0.0129. The van der Waals surface area contributed by atoms with Crippen LogP contribution in [0.5, 0.6) is 0 Å². The molecule has 0 aromatic heterocycles. The zero-order chi connectivity index (χ0) is 20.7. The predicted octanol–water partition coefficient (Wildman–Crippen LogP) is 4.40. The molecule has 3 rings (SSSR count). The molecule has 0 spiro atoms. The molecular weight excluding hydrogens is 403 g/mol. The number of halogens is 5. The molecule has 0 N–H and O–H groups in total. The number of nitrogens with zero attached hydrogens (tertiary/aromatic N) is 2. The van der Waals surface area contributed by atoms with Gasteiger partial charge in [0.15, 0.2) is 9.84 Å². The summed E-state index contributed by atoms with van der Waals surface area (Å²) in [4.78, 5) is 1.99. The smallest absolute Gasteiger partial charge is 0.348 e. The second kappa shape index (κ2) is 7.20. The van der Waals surface area contributed by atoms with Crippen LogP contribution in [0.25, 0.3) is 0 Å². The first-order chi connectivity index (χ1) is 12.9. The fraction of sp³-hybridized carbons (Fsp3) is 0.556. The molecule has 2 aliphatic rings. The Labute approximate surface area is 160 Å². The molecule has 10 heteroatoms. The van der Waals surface area contributed by atoms with Crippen LogP contribution in [0.2, 0.25) is 0 Å². The molecule has 1 fully saturated rings. The van der Waals surface area contributed by atoms with Gasteiger partial charge in [0.1, 0.15) is 0 Å². The molecule has 1 saturated carbocycles. The van der Waals surface area contributed by atoms with Gasteiger partial charge in [-0.15, -0.1) is 0 Å². The monoisotopic (exact) mass is 424 g/mol. The van der Waals surface area contributed by atoms with Crippen molar-refractivity contribution < 1.29 is 30.4 Å². The van der Waals surface area contributed by atoms with E-state index in [1.54, 1.807) is 0 Å². The Morgan fingerprint density at radius 3 is 2.36 bits per heavy atom. The second-order valence-electron chi connectivity index (χ2n) is 7.39. The zero-order valence-corrected chi connectivity index (χ0v) is 16.0. The normalized spacial score (nSPS) is 23.4. The molecule has 1 aliphatic carbocycles. The molecule has 4 nitrogen and oxygen atoms in total. The van der Waals surface area contributed by atoms with Gasteiger partial charge in [0.25, 0.3) is 0 Å². The summed E-state index contributed by atoms with van der Waals surface area (Å²) >= 11 is 0. The first kappa shape index (κ1) is 20.9. The molecule has 0 amide bonds. The lowest BCUT2D eigenvalue weighted by atomic mass is 9.86. The fourth-order valence-electron chi connectivity index (χ4n) is 3.67. The molecule has 156 valence electrons. The lowest BCUT2D eigenvalue weighted by Crippen LogP contribution is -2.51. The predicted molar refractivity (Wildman–Crippen MR) is 94.6 cm³/mol. The van der Waals surface area contributed by atoms with Crippen LogP contribution in [0.4, 0.5) is 27.6 Å². The number of alkyl halides is 5. The zero-order valence-electron chi connectivity index (χ0n) is 15.2. The van der Waals surface area contributed by atoms with Crippen molar-refractivity contribution in [2.45, 2.75) is 48.8 Å². The minimum atomic E-state index is -4.62. The maximum Gasteiger partial charge on any atom is 0.427 e. The van der Waals surface area contributed by atoms with Gasteiger partial charge in [-0.2, -0.15) is 13.2 Å². The van der Waals surface area contributed by atoms with Crippen molar-refractivity contribution in [2.75, 3.05) is 17.7 Å². The molecule has 0 bridgehead atoms. The largest absolute Gasteiger partial charge is 0.427 e. The molecule has 1 atom stereocenters. The van der Waals surface area contributed by atoms with E-state index in [1.165, 1.54) is 36.7 Å². The second-order valence-corrected chi connectivity index (χ2v) is 9.40. The highest BCUT2D eigenvalue weighted by Gasteiger charge is 2.49. The van der Waals surface area contributed by atoms with Gasteiger partial charge in [0, 0.05) is 43.7 Å². The van der Waals surface area contributed by atoms with E-state index in [1.807, 2.05) is 0 Å². The van der Waals surface area contributed by atoms with Crippen LogP contribution >= 0.6 is 0 Å². The van der Waals surface area contributed by atoms with Crippen molar-refractivity contribution in [3.05, 3.63) is 36.7 Å². The Hall–Kier alpha value is -1.84. The highest BCUT2D eigenvalue weighted by molar-refractivity contribution is 7.90. The summed E-state index contributed by atoms with van der Waals surface area (Å²) in [5, 5.41) is 0. The van der Waals surface area contributed by atoms with Crippen molar-refractivity contribution in [3.8, 4) is 0 Å². The average molecular weight is 424 g/mol. The van der Waals surface area contributed by atoms with Crippen LogP contribution < -0.4 is 4.90 Å². The first-order valence-corrected chi connectivity index (χ1v) is 10.7. The number of rotatable bonds is 4. The van der Waals surface area contributed by atoms with Crippen molar-refractivity contribution >= 4 is 15.5 Å². The fourth-order valence-corrected chi connectivity index (χ4v) is 4.33. The number of benzene rings is 1. The molecule has 1 aromatic rings. The third-order valence-electron chi connectivity index (χ3n) is 5.14. The van der Waals surface area contributed by atoms with Gasteiger partial charge in [-0.1, -0.05) is 6.07 Å². The lowest BCUT2D eigenvalue weighted by molar-refractivity contribution is -0.174. The lowest BCUT2D eigenvalue weighted by Gasteiger charge is -2.37. The molecule has 1 aromatic carbocycles. The molecule has 0 saturated heterocycles. The molecule has 1 aliphatic heterocycles. The van der Waals surface area contributed by atoms with E-state index in [9.17, 15) is 30.4 Å². The van der Waals surface area contributed by atoms with Crippen LogP contribution in [0.3, 0.4) is 0 Å². The Bertz CT molecular complexity index is 844. The highest BCUT2D eigenvalue weighted by Crippen LogP contribution is 2.40. The summed E-state index contributed by atoms with van der Waals surface area (Å²) < 4.78 is 91.5. The van der Waals surface area contributed by atoms with E-state index in [0.29, 0.717) is 0 Å². The summed E-state index contributed by atoms with van der Waals surface area (Å²) in [6.45, 7) is 0.0129. The van der Waals surface area contributed by atoms with Crippen LogP contribution in [-0.2, 0) is 9.84 Å². The summed E-state index contributed by atoms with van der Waals surface area (Å²) in [5.74, 6) is -2.99. The van der Waals surface area contributed by atoms with Gasteiger partial charge >= 0.3 is 6.18 Å². The Balaban J connectivity index is 1.82. The number of hydrogen-bond donors (Lipinski definition) is 0. The standard InChI is InChI=1S/C18H21F5N2O2S/c1-28(26,27)15-4-2-3-14(11-15)25-10-9-24(16(25)18(21,22)23)12-13-5-7-17(19,20)8-6-13/h2-4,9-11,13,16H,5-8,12H2,1H3. The molecular formula is C18H21F5N2O2S. The van der Waals surface area contributed by atoms with Crippen molar-refractivity contribution in [2.24, 2.45) is 5.92 Å². The van der Waals surface area contributed by atoms with Crippen molar-refractivity contribution in [3.63, 3.8) is 0 Å². The summed E-state index contributed by atoms with van der Waals surface area (Å²) in [7, 11) is -3.57. The van der Waals surface area contributed by atoms with Gasteiger partial charge in [-0.25, -0.2) is 17.2 Å². The SMILES string of the molecule is CS(=O)(=O)c1cccc(N2C=CN(CC3CCC(F)(F)CC3)C2C(F)(F)F)c1. The topological polar surface area (TPSA) is 40.6 Å². The average Bonchev–Trinajstić information content (AvgIpc) is 3.00. The van der Waals surface area contributed by atoms with Gasteiger partial charge < -0.3 is 9.80 Å². The third kappa shape index (κ3) is 4.59. The van der Waals surface area contributed by atoms with Gasteiger partial charge in [-0.3, -0.25) is 0 Å². The van der Waals surface area contributed by atoms with E-state index in [4.69, 9.17) is 0 Å². The Morgan fingerprint density at radius 1 is 1.14 bits per heavy atom. The van der Waals surface area contributed by atoms with E-state index < -0.39 is 28.1 Å². The van der Waals surface area contributed by atoms with Crippen LogP contribution in [-0.4, -0.2) is 44.4 Å². The number of hydrogen-bond acceptors (Lipinski definition) is 4. The Kier molecular flexibility index (Phi) is 5.37. The summed E-state index contributed by atoms with van der Waals surface area (Å²) in [5.41, 5.74) is 0.0965. The van der Waals surface area contributed by atoms with Gasteiger partial charge in [0.2, 0.25) is 12.1 Å².